The van der Waals surface area contributed by atoms with Gasteiger partial charge in [-0.15, -0.1) is 0 Å². The Kier molecular flexibility index (Phi) is 4.16. The molecule has 0 spiro atoms. The monoisotopic (exact) mass is 417 g/mol. The average molecular weight is 417 g/mol. The van der Waals surface area contributed by atoms with Crippen LogP contribution in [0.15, 0.2) is 39.6 Å². The van der Waals surface area contributed by atoms with Crippen LogP contribution in [-0.2, 0) is 0 Å². The second kappa shape index (κ2) is 5.78. The zero-order chi connectivity index (χ0) is 15.1. The molecule has 3 aliphatic heterocycles. The zero-order valence-electron chi connectivity index (χ0n) is 11.8. The molecule has 6 nitrogen and oxygen atoms in total. The lowest BCUT2D eigenvalue weighted by molar-refractivity contribution is 0.158. The minimum Gasteiger partial charge on any atom is -0.384 e. The Morgan fingerprint density at radius 1 is 1.48 bits per heavy atom. The Hall–Kier alpha value is -0.790. The number of fused-ring (bicyclic) bond motifs is 1. The van der Waals surface area contributed by atoms with Crippen molar-refractivity contribution >= 4 is 46.1 Å². The predicted octanol–water partition coefficient (Wildman–Crippen LogP) is 1.79. The van der Waals surface area contributed by atoms with Crippen molar-refractivity contribution in [2.24, 2.45) is 21.1 Å². The Morgan fingerprint density at radius 2 is 2.24 bits per heavy atom. The average Bonchev–Trinajstić information content (AvgIpc) is 2.96. The van der Waals surface area contributed by atoms with E-state index in [1.807, 2.05) is 25.0 Å². The number of allylic oxidation sites excluding steroid dienone is 1. The number of hydrogen-bond donors (Lipinski definition) is 1. The number of likely N-dealkylation sites (N-methyl/N-ethyl adjacent to an activating group) is 1. The van der Waals surface area contributed by atoms with Gasteiger partial charge in [0, 0.05) is 13.3 Å². The van der Waals surface area contributed by atoms with Crippen LogP contribution in [0.25, 0.3) is 0 Å². The molecule has 8 heteroatoms. The summed E-state index contributed by atoms with van der Waals surface area (Å²) in [6.45, 7) is 5.69. The maximum atomic E-state index is 10.3. The Morgan fingerprint density at radius 3 is 2.81 bits per heavy atom. The van der Waals surface area contributed by atoms with Crippen LogP contribution in [0, 0.1) is 5.92 Å². The molecule has 0 saturated heterocycles. The van der Waals surface area contributed by atoms with E-state index in [9.17, 15) is 5.11 Å². The van der Waals surface area contributed by atoms with Crippen LogP contribution < -0.4 is 0 Å². The van der Waals surface area contributed by atoms with E-state index in [1.165, 1.54) is 0 Å². The van der Waals surface area contributed by atoms with E-state index in [-0.39, 0.29) is 18.0 Å². The van der Waals surface area contributed by atoms with Crippen LogP contribution >= 0.6 is 28.4 Å². The maximum Gasteiger partial charge on any atom is 0.121 e. The number of hydrogen-bond acceptors (Lipinski definition) is 6. The molecular weight excluding hydrogens is 400 g/mol. The molecule has 3 aliphatic rings. The quantitative estimate of drug-likeness (QED) is 0.563. The van der Waals surface area contributed by atoms with E-state index in [0.29, 0.717) is 6.37 Å². The van der Waals surface area contributed by atoms with E-state index >= 15 is 0 Å². The smallest absolute Gasteiger partial charge is 0.121 e. The van der Waals surface area contributed by atoms with Crippen molar-refractivity contribution in [3.63, 3.8) is 0 Å². The first-order valence-corrected chi connectivity index (χ1v) is 10.7. The summed E-state index contributed by atoms with van der Waals surface area (Å²) >= 11 is 2.32. The van der Waals surface area contributed by atoms with Gasteiger partial charge in [-0.05, 0) is 41.1 Å². The molecular formula is C13H17IN5OP. The molecule has 0 aromatic rings. The SMILES string of the molecule is C=CC1=NN(PI)C2C=NC(C3C(O)C(C)=NN3C)=CC12. The minimum atomic E-state index is -0.608. The van der Waals surface area contributed by atoms with Gasteiger partial charge in [0.05, 0.1) is 35.5 Å². The third-order valence-corrected chi connectivity index (χ3v) is 6.04. The fourth-order valence-corrected chi connectivity index (χ4v) is 4.68. The fraction of sp³-hybridized carbons (Fsp3) is 0.462. The molecule has 0 aliphatic carbocycles. The lowest BCUT2D eigenvalue weighted by atomic mass is 9.91. The van der Waals surface area contributed by atoms with Crippen LogP contribution in [0.2, 0.25) is 0 Å². The minimum absolute atomic E-state index is 0.152. The summed E-state index contributed by atoms with van der Waals surface area (Å²) in [5.74, 6) is 0.152. The van der Waals surface area contributed by atoms with Gasteiger partial charge < -0.3 is 5.11 Å². The predicted molar refractivity (Wildman–Crippen MR) is 96.3 cm³/mol. The first kappa shape index (κ1) is 15.1. The molecule has 0 aromatic heterocycles. The number of aliphatic imine (C=N–C) groups is 1. The van der Waals surface area contributed by atoms with Crippen molar-refractivity contribution < 1.29 is 5.11 Å². The normalized spacial score (nSPS) is 35.1. The van der Waals surface area contributed by atoms with Crippen molar-refractivity contribution in [1.29, 1.82) is 0 Å². The molecule has 0 amide bonds. The third-order valence-electron chi connectivity index (χ3n) is 3.99. The van der Waals surface area contributed by atoms with E-state index in [1.54, 1.807) is 11.1 Å². The van der Waals surface area contributed by atoms with E-state index < -0.39 is 6.10 Å². The second-order valence-corrected chi connectivity index (χ2v) is 7.32. The van der Waals surface area contributed by atoms with Crippen molar-refractivity contribution in [1.82, 2.24) is 9.79 Å². The molecule has 3 rings (SSSR count). The first-order chi connectivity index (χ1) is 10.1. The van der Waals surface area contributed by atoms with Gasteiger partial charge in [-0.1, -0.05) is 6.58 Å². The summed E-state index contributed by atoms with van der Waals surface area (Å²) in [5, 5.41) is 21.0. The third kappa shape index (κ3) is 2.45. The zero-order valence-corrected chi connectivity index (χ0v) is 15.0. The largest absolute Gasteiger partial charge is 0.384 e. The lowest BCUT2D eigenvalue weighted by Gasteiger charge is -2.28. The Bertz CT molecular complexity index is 587. The van der Waals surface area contributed by atoms with E-state index in [2.05, 4.69) is 49.9 Å². The standard InChI is InChI=1S/C13H17IN5OP/c1-4-9-8-5-10(12-13(20)7(2)16-18(12)3)15-6-11(8)19(17-9)21-14/h4-6,8,11-13,20-21H,1H2,2-3H3. The van der Waals surface area contributed by atoms with Gasteiger partial charge in [-0.25, -0.2) is 0 Å². The first-order valence-electron chi connectivity index (χ1n) is 6.65. The van der Waals surface area contributed by atoms with Gasteiger partial charge in [-0.2, -0.15) is 10.2 Å². The number of nitrogens with zero attached hydrogens (tertiary/aromatic N) is 5. The van der Waals surface area contributed by atoms with Crippen LogP contribution in [-0.4, -0.2) is 57.8 Å². The van der Waals surface area contributed by atoms with Crippen LogP contribution in [0.1, 0.15) is 6.92 Å². The molecule has 0 saturated carbocycles. The van der Waals surface area contributed by atoms with E-state index in [4.69, 9.17) is 0 Å². The molecule has 1 N–H and O–H groups in total. The van der Waals surface area contributed by atoms with Gasteiger partial charge in [-0.3, -0.25) is 14.8 Å². The molecule has 5 atom stereocenters. The Balaban J connectivity index is 1.89. The summed E-state index contributed by atoms with van der Waals surface area (Å²) in [6, 6.07) is -0.0628. The van der Waals surface area contributed by atoms with Crippen LogP contribution in [0.3, 0.4) is 0 Å². The highest BCUT2D eigenvalue weighted by Gasteiger charge is 2.40. The maximum absolute atomic E-state index is 10.3. The van der Waals surface area contributed by atoms with Gasteiger partial charge in [0.15, 0.2) is 0 Å². The van der Waals surface area contributed by atoms with Crippen LogP contribution in [0.5, 0.6) is 0 Å². The molecule has 0 aromatic carbocycles. The highest BCUT2D eigenvalue weighted by Crippen LogP contribution is 2.39. The molecule has 5 unspecified atom stereocenters. The lowest BCUT2D eigenvalue weighted by Crippen LogP contribution is -2.39. The highest BCUT2D eigenvalue weighted by atomic mass is 127. The summed E-state index contributed by atoms with van der Waals surface area (Å²) in [4.78, 5) is 4.57. The van der Waals surface area contributed by atoms with Crippen molar-refractivity contribution in [2.75, 3.05) is 7.05 Å². The van der Waals surface area contributed by atoms with Gasteiger partial charge in [0.2, 0.25) is 0 Å². The highest BCUT2D eigenvalue weighted by molar-refractivity contribution is 14.2. The van der Waals surface area contributed by atoms with Crippen molar-refractivity contribution in [3.05, 3.63) is 24.4 Å². The number of aliphatic hydroxyl groups is 1. The molecule has 0 radical (unpaired) electrons. The second-order valence-electron chi connectivity index (χ2n) is 5.25. The number of aliphatic hydroxyl groups excluding tert-OH is 1. The molecule has 0 bridgehead atoms. The number of hydrazone groups is 2. The molecule has 0 fully saturated rings. The Labute approximate surface area is 138 Å². The van der Waals surface area contributed by atoms with Gasteiger partial charge in [0.25, 0.3) is 0 Å². The summed E-state index contributed by atoms with van der Waals surface area (Å²) in [5.41, 5.74) is 2.53. The summed E-state index contributed by atoms with van der Waals surface area (Å²) in [7, 11) is 1.86. The summed E-state index contributed by atoms with van der Waals surface area (Å²) in [6.07, 6.45) is 5.78. The molecule has 112 valence electrons. The van der Waals surface area contributed by atoms with Gasteiger partial charge >= 0.3 is 0 Å². The van der Waals surface area contributed by atoms with Gasteiger partial charge in [0.1, 0.15) is 12.1 Å². The number of halogens is 1. The van der Waals surface area contributed by atoms with Crippen molar-refractivity contribution in [2.45, 2.75) is 25.1 Å². The van der Waals surface area contributed by atoms with Crippen LogP contribution in [0.4, 0.5) is 0 Å². The molecule has 3 heterocycles. The molecule has 21 heavy (non-hydrogen) atoms. The topological polar surface area (TPSA) is 63.8 Å². The van der Waals surface area contributed by atoms with E-state index in [0.717, 1.165) is 17.1 Å². The summed E-state index contributed by atoms with van der Waals surface area (Å²) < 4.78 is 2.04. The number of rotatable bonds is 3. The fourth-order valence-electron chi connectivity index (χ4n) is 2.90. The van der Waals surface area contributed by atoms with Crippen molar-refractivity contribution in [3.8, 4) is 0 Å².